The zero-order valence-corrected chi connectivity index (χ0v) is 8.03. The van der Waals surface area contributed by atoms with Crippen molar-refractivity contribution in [2.24, 2.45) is 0 Å². The number of aromatic hydroxyl groups is 1. The van der Waals surface area contributed by atoms with Crippen LogP contribution >= 0.6 is 0 Å². The molecule has 1 rings (SSSR count). The molecule has 0 unspecified atom stereocenters. The molecule has 0 aliphatic carbocycles. The lowest BCUT2D eigenvalue weighted by atomic mass is 9.97. The monoisotopic (exact) mass is 182 g/mol. The van der Waals surface area contributed by atoms with Gasteiger partial charge in [0.15, 0.2) is 0 Å². The summed E-state index contributed by atoms with van der Waals surface area (Å²) in [5.74, 6) is 0.697. The highest BCUT2D eigenvalue weighted by Gasteiger charge is 2.20. The highest BCUT2D eigenvalue weighted by atomic mass is 16.5. The molecule has 0 aromatic heterocycles. The van der Waals surface area contributed by atoms with E-state index in [4.69, 9.17) is 4.74 Å². The van der Waals surface area contributed by atoms with Crippen LogP contribution in [0.25, 0.3) is 0 Å². The van der Waals surface area contributed by atoms with E-state index in [1.165, 1.54) is 6.07 Å². The summed E-state index contributed by atoms with van der Waals surface area (Å²) in [6, 6.07) is 4.77. The molecule has 0 aliphatic rings. The van der Waals surface area contributed by atoms with Crippen LogP contribution in [0.15, 0.2) is 18.2 Å². The molecular formula is C10H14O3. The number of hydrogen-bond donors (Lipinski definition) is 2. The molecule has 0 amide bonds. The summed E-state index contributed by atoms with van der Waals surface area (Å²) in [6.45, 7) is 3.23. The maximum Gasteiger partial charge on any atom is 0.121 e. The number of phenolic OH excluding ortho intramolecular Hbond substituents is 1. The van der Waals surface area contributed by atoms with Crippen LogP contribution in [-0.2, 0) is 5.60 Å². The van der Waals surface area contributed by atoms with E-state index in [1.54, 1.807) is 33.1 Å². The molecular weight excluding hydrogens is 168 g/mol. The standard InChI is InChI=1S/C10H14O3/c1-10(2,12)8-6-7(13-3)4-5-9(8)11/h4-6,11-12H,1-3H3. The van der Waals surface area contributed by atoms with Gasteiger partial charge < -0.3 is 14.9 Å². The van der Waals surface area contributed by atoms with Crippen LogP contribution in [0.5, 0.6) is 11.5 Å². The highest BCUT2D eigenvalue weighted by Crippen LogP contribution is 2.31. The fraction of sp³-hybridized carbons (Fsp3) is 0.400. The molecule has 0 saturated heterocycles. The van der Waals surface area contributed by atoms with Crippen molar-refractivity contribution in [1.29, 1.82) is 0 Å². The zero-order chi connectivity index (χ0) is 10.1. The average molecular weight is 182 g/mol. The number of phenols is 1. The molecule has 13 heavy (non-hydrogen) atoms. The number of hydrogen-bond acceptors (Lipinski definition) is 3. The lowest BCUT2D eigenvalue weighted by molar-refractivity contribution is 0.0755. The number of aliphatic hydroxyl groups is 1. The largest absolute Gasteiger partial charge is 0.508 e. The molecule has 0 spiro atoms. The summed E-state index contributed by atoms with van der Waals surface area (Å²) in [4.78, 5) is 0. The van der Waals surface area contributed by atoms with Crippen LogP contribution in [0, 0.1) is 0 Å². The molecule has 3 heteroatoms. The molecule has 2 N–H and O–H groups in total. The molecule has 1 aromatic rings. The lowest BCUT2D eigenvalue weighted by Gasteiger charge is -2.19. The molecule has 0 bridgehead atoms. The van der Waals surface area contributed by atoms with Crippen LogP contribution in [-0.4, -0.2) is 17.3 Å². The van der Waals surface area contributed by atoms with Gasteiger partial charge in [0.1, 0.15) is 11.5 Å². The minimum atomic E-state index is -1.06. The van der Waals surface area contributed by atoms with Crippen LogP contribution in [0.1, 0.15) is 19.4 Å². The van der Waals surface area contributed by atoms with E-state index in [0.29, 0.717) is 11.3 Å². The van der Waals surface area contributed by atoms with Crippen molar-refractivity contribution < 1.29 is 14.9 Å². The van der Waals surface area contributed by atoms with Crippen LogP contribution in [0.3, 0.4) is 0 Å². The fourth-order valence-electron chi connectivity index (χ4n) is 1.13. The van der Waals surface area contributed by atoms with Crippen molar-refractivity contribution in [2.45, 2.75) is 19.4 Å². The van der Waals surface area contributed by atoms with Crippen molar-refractivity contribution in [3.05, 3.63) is 23.8 Å². The van der Waals surface area contributed by atoms with E-state index in [9.17, 15) is 10.2 Å². The highest BCUT2D eigenvalue weighted by molar-refractivity contribution is 5.42. The molecule has 3 nitrogen and oxygen atoms in total. The Labute approximate surface area is 77.6 Å². The van der Waals surface area contributed by atoms with Gasteiger partial charge in [-0.05, 0) is 32.0 Å². The van der Waals surface area contributed by atoms with E-state index in [1.807, 2.05) is 0 Å². The first-order valence-electron chi connectivity index (χ1n) is 4.05. The lowest BCUT2D eigenvalue weighted by Crippen LogP contribution is -2.15. The molecule has 0 saturated carbocycles. The third kappa shape index (κ3) is 2.12. The summed E-state index contributed by atoms with van der Waals surface area (Å²) in [7, 11) is 1.54. The number of ether oxygens (including phenoxy) is 1. The van der Waals surface area contributed by atoms with Crippen molar-refractivity contribution in [3.8, 4) is 11.5 Å². The second-order valence-corrected chi connectivity index (χ2v) is 3.44. The first-order valence-corrected chi connectivity index (χ1v) is 4.05. The molecule has 1 aromatic carbocycles. The van der Waals surface area contributed by atoms with E-state index < -0.39 is 5.60 Å². The number of methoxy groups -OCH3 is 1. The first-order chi connectivity index (χ1) is 5.95. The van der Waals surface area contributed by atoms with E-state index in [2.05, 4.69) is 0 Å². The van der Waals surface area contributed by atoms with Gasteiger partial charge in [0.2, 0.25) is 0 Å². The zero-order valence-electron chi connectivity index (χ0n) is 8.03. The van der Waals surface area contributed by atoms with Gasteiger partial charge in [-0.2, -0.15) is 0 Å². The Kier molecular flexibility index (Phi) is 2.48. The SMILES string of the molecule is COc1ccc(O)c(C(C)(C)O)c1. The fourth-order valence-corrected chi connectivity index (χ4v) is 1.13. The van der Waals surface area contributed by atoms with E-state index in [0.717, 1.165) is 0 Å². The van der Waals surface area contributed by atoms with Gasteiger partial charge in [0.25, 0.3) is 0 Å². The second-order valence-electron chi connectivity index (χ2n) is 3.44. The van der Waals surface area contributed by atoms with Crippen LogP contribution in [0.2, 0.25) is 0 Å². The average Bonchev–Trinajstić information content (AvgIpc) is 2.03. The Hall–Kier alpha value is -1.22. The van der Waals surface area contributed by atoms with Gasteiger partial charge in [-0.15, -0.1) is 0 Å². The van der Waals surface area contributed by atoms with Gasteiger partial charge in [-0.25, -0.2) is 0 Å². The molecule has 0 atom stereocenters. The minimum absolute atomic E-state index is 0.0771. The maximum atomic E-state index is 9.67. The Morgan fingerprint density at radius 3 is 2.38 bits per heavy atom. The third-order valence-corrected chi connectivity index (χ3v) is 1.86. The van der Waals surface area contributed by atoms with Gasteiger partial charge in [-0.1, -0.05) is 0 Å². The number of benzene rings is 1. The quantitative estimate of drug-likeness (QED) is 0.730. The summed E-state index contributed by atoms with van der Waals surface area (Å²) in [5, 5.41) is 19.1. The number of rotatable bonds is 2. The molecule has 0 aliphatic heterocycles. The van der Waals surface area contributed by atoms with Gasteiger partial charge in [0.05, 0.1) is 12.7 Å². The maximum absolute atomic E-state index is 9.67. The summed E-state index contributed by atoms with van der Waals surface area (Å²) in [5.41, 5.74) is -0.592. The van der Waals surface area contributed by atoms with Crippen LogP contribution < -0.4 is 4.74 Å². The van der Waals surface area contributed by atoms with Gasteiger partial charge >= 0.3 is 0 Å². The Balaban J connectivity index is 3.19. The summed E-state index contributed by atoms with van der Waals surface area (Å²) >= 11 is 0. The van der Waals surface area contributed by atoms with Crippen molar-refractivity contribution in [2.75, 3.05) is 7.11 Å². The summed E-state index contributed by atoms with van der Waals surface area (Å²) in [6.07, 6.45) is 0. The minimum Gasteiger partial charge on any atom is -0.508 e. The molecule has 0 radical (unpaired) electrons. The van der Waals surface area contributed by atoms with E-state index >= 15 is 0 Å². The summed E-state index contributed by atoms with van der Waals surface area (Å²) < 4.78 is 4.98. The predicted octanol–water partition coefficient (Wildman–Crippen LogP) is 1.63. The molecule has 72 valence electrons. The van der Waals surface area contributed by atoms with Crippen molar-refractivity contribution in [3.63, 3.8) is 0 Å². The predicted molar refractivity (Wildman–Crippen MR) is 49.9 cm³/mol. The Morgan fingerprint density at radius 1 is 1.31 bits per heavy atom. The normalized spacial score (nSPS) is 11.4. The van der Waals surface area contributed by atoms with Gasteiger partial charge in [0, 0.05) is 5.56 Å². The topological polar surface area (TPSA) is 49.7 Å². The first kappa shape index (κ1) is 9.86. The molecule has 0 fully saturated rings. The third-order valence-electron chi connectivity index (χ3n) is 1.86. The Bertz CT molecular complexity index is 300. The van der Waals surface area contributed by atoms with Crippen molar-refractivity contribution in [1.82, 2.24) is 0 Å². The van der Waals surface area contributed by atoms with E-state index in [-0.39, 0.29) is 5.75 Å². The Morgan fingerprint density at radius 2 is 1.92 bits per heavy atom. The van der Waals surface area contributed by atoms with Crippen molar-refractivity contribution >= 4 is 0 Å². The molecule has 0 heterocycles. The smallest absolute Gasteiger partial charge is 0.121 e. The second kappa shape index (κ2) is 3.26. The van der Waals surface area contributed by atoms with Crippen LogP contribution in [0.4, 0.5) is 0 Å². The van der Waals surface area contributed by atoms with Gasteiger partial charge in [-0.3, -0.25) is 0 Å².